The molecule has 0 bridgehead atoms. The molecule has 0 fully saturated rings. The van der Waals surface area contributed by atoms with Gasteiger partial charge in [0.1, 0.15) is 10.3 Å². The number of Topliss-reactive ketones (excluding diaryl/α,β-unsaturated/α-hetero) is 1. The van der Waals surface area contributed by atoms with Gasteiger partial charge in [0.15, 0.2) is 11.6 Å². The standard InChI is InChI=1S/C19H16BrClN4O2/c1-10-5-4-6-22-18(10)25-15(9-16(20)24-25)19(27)23-17-11(2)7-13(21)8-14(17)12(3)26/h4-9H,1-3H3,(H,23,27). The van der Waals surface area contributed by atoms with Crippen LogP contribution >= 0.6 is 27.5 Å². The van der Waals surface area contributed by atoms with Crippen molar-refractivity contribution in [1.29, 1.82) is 0 Å². The van der Waals surface area contributed by atoms with Crippen LogP contribution in [0.15, 0.2) is 41.1 Å². The van der Waals surface area contributed by atoms with Crippen LogP contribution in [0, 0.1) is 13.8 Å². The monoisotopic (exact) mass is 446 g/mol. The van der Waals surface area contributed by atoms with Crippen molar-refractivity contribution < 1.29 is 9.59 Å². The quantitative estimate of drug-likeness (QED) is 0.585. The van der Waals surface area contributed by atoms with Gasteiger partial charge in [-0.25, -0.2) is 9.67 Å². The lowest BCUT2D eigenvalue weighted by molar-refractivity contribution is 0.101. The SMILES string of the molecule is CC(=O)c1cc(Cl)cc(C)c1NC(=O)c1cc(Br)nn1-c1ncccc1C. The zero-order valence-corrected chi connectivity index (χ0v) is 17.2. The number of benzene rings is 1. The number of carbonyl (C=O) groups excluding carboxylic acids is 2. The number of nitrogens with one attached hydrogen (secondary N) is 1. The van der Waals surface area contributed by atoms with E-state index in [9.17, 15) is 9.59 Å². The van der Waals surface area contributed by atoms with Gasteiger partial charge in [0.25, 0.3) is 5.91 Å². The number of aryl methyl sites for hydroxylation is 2. The average molecular weight is 448 g/mol. The lowest BCUT2D eigenvalue weighted by Crippen LogP contribution is -2.20. The minimum absolute atomic E-state index is 0.189. The van der Waals surface area contributed by atoms with E-state index in [0.29, 0.717) is 32.3 Å². The molecular formula is C19H16BrClN4O2. The van der Waals surface area contributed by atoms with Crippen molar-refractivity contribution in [3.63, 3.8) is 0 Å². The summed E-state index contributed by atoms with van der Waals surface area (Å²) in [5, 5.41) is 7.58. The molecule has 8 heteroatoms. The first-order chi connectivity index (χ1) is 12.8. The van der Waals surface area contributed by atoms with E-state index in [0.717, 1.165) is 5.56 Å². The van der Waals surface area contributed by atoms with Gasteiger partial charge < -0.3 is 5.32 Å². The van der Waals surface area contributed by atoms with Gasteiger partial charge in [0.2, 0.25) is 0 Å². The Morgan fingerprint density at radius 3 is 2.59 bits per heavy atom. The number of halogens is 2. The molecule has 0 aliphatic heterocycles. The number of ketones is 1. The van der Waals surface area contributed by atoms with Crippen LogP contribution in [0.25, 0.3) is 5.82 Å². The molecule has 3 rings (SSSR count). The molecule has 27 heavy (non-hydrogen) atoms. The number of hydrogen-bond donors (Lipinski definition) is 1. The van der Waals surface area contributed by atoms with Crippen LogP contribution in [0.4, 0.5) is 5.69 Å². The van der Waals surface area contributed by atoms with Crippen molar-refractivity contribution in [2.75, 3.05) is 5.32 Å². The molecule has 2 heterocycles. The molecule has 0 aliphatic carbocycles. The maximum Gasteiger partial charge on any atom is 0.274 e. The maximum absolute atomic E-state index is 13.0. The van der Waals surface area contributed by atoms with Crippen LogP contribution in [-0.2, 0) is 0 Å². The van der Waals surface area contributed by atoms with Crippen molar-refractivity contribution in [2.24, 2.45) is 0 Å². The second-order valence-corrected chi connectivity index (χ2v) is 7.31. The highest BCUT2D eigenvalue weighted by atomic mass is 79.9. The van der Waals surface area contributed by atoms with Crippen molar-refractivity contribution in [2.45, 2.75) is 20.8 Å². The molecule has 0 saturated carbocycles. The summed E-state index contributed by atoms with van der Waals surface area (Å²) in [7, 11) is 0. The number of anilines is 1. The highest BCUT2D eigenvalue weighted by molar-refractivity contribution is 9.10. The van der Waals surface area contributed by atoms with Crippen LogP contribution in [0.2, 0.25) is 5.02 Å². The molecule has 0 radical (unpaired) electrons. The fourth-order valence-electron chi connectivity index (χ4n) is 2.74. The van der Waals surface area contributed by atoms with E-state index in [2.05, 4.69) is 31.3 Å². The Morgan fingerprint density at radius 1 is 1.19 bits per heavy atom. The van der Waals surface area contributed by atoms with E-state index >= 15 is 0 Å². The number of carbonyl (C=O) groups is 2. The molecule has 0 aliphatic rings. The summed E-state index contributed by atoms with van der Waals surface area (Å²) < 4.78 is 1.96. The van der Waals surface area contributed by atoms with Gasteiger partial charge in [-0.3, -0.25) is 9.59 Å². The normalized spacial score (nSPS) is 10.7. The number of nitrogens with zero attached hydrogens (tertiary/aromatic N) is 3. The fourth-order valence-corrected chi connectivity index (χ4v) is 3.39. The second-order valence-electron chi connectivity index (χ2n) is 6.06. The molecule has 1 aromatic carbocycles. The first-order valence-electron chi connectivity index (χ1n) is 8.08. The predicted molar refractivity (Wildman–Crippen MR) is 108 cm³/mol. The number of rotatable bonds is 4. The summed E-state index contributed by atoms with van der Waals surface area (Å²) in [5.41, 5.74) is 2.63. The van der Waals surface area contributed by atoms with Crippen LogP contribution in [0.1, 0.15) is 38.9 Å². The summed E-state index contributed by atoms with van der Waals surface area (Å²) in [4.78, 5) is 29.3. The maximum atomic E-state index is 13.0. The zero-order valence-electron chi connectivity index (χ0n) is 14.9. The van der Waals surface area contributed by atoms with E-state index in [4.69, 9.17) is 11.6 Å². The van der Waals surface area contributed by atoms with Gasteiger partial charge in [-0.1, -0.05) is 17.7 Å². The topological polar surface area (TPSA) is 76.9 Å². The highest BCUT2D eigenvalue weighted by Gasteiger charge is 2.21. The smallest absolute Gasteiger partial charge is 0.274 e. The third-order valence-corrected chi connectivity index (χ3v) is 4.62. The molecular weight excluding hydrogens is 432 g/mol. The largest absolute Gasteiger partial charge is 0.320 e. The van der Waals surface area contributed by atoms with E-state index in [-0.39, 0.29) is 11.5 Å². The number of aromatic nitrogens is 3. The first-order valence-corrected chi connectivity index (χ1v) is 9.25. The average Bonchev–Trinajstić information content (AvgIpc) is 2.99. The van der Waals surface area contributed by atoms with Gasteiger partial charge in [-0.05, 0) is 66.0 Å². The Labute approximate surface area is 169 Å². The van der Waals surface area contributed by atoms with Crippen LogP contribution < -0.4 is 5.32 Å². The lowest BCUT2D eigenvalue weighted by atomic mass is 10.0. The highest BCUT2D eigenvalue weighted by Crippen LogP contribution is 2.27. The van der Waals surface area contributed by atoms with Gasteiger partial charge >= 0.3 is 0 Å². The molecule has 0 atom stereocenters. The van der Waals surface area contributed by atoms with Crippen molar-refractivity contribution in [3.05, 3.63) is 68.5 Å². The summed E-state index contributed by atoms with van der Waals surface area (Å²) >= 11 is 9.36. The molecule has 6 nitrogen and oxygen atoms in total. The summed E-state index contributed by atoms with van der Waals surface area (Å²) in [6, 6.07) is 8.54. The minimum atomic E-state index is -0.411. The first kappa shape index (κ1) is 19.3. The Bertz CT molecular complexity index is 1060. The molecule has 1 amide bonds. The van der Waals surface area contributed by atoms with Crippen molar-refractivity contribution in [3.8, 4) is 5.82 Å². The minimum Gasteiger partial charge on any atom is -0.320 e. The molecule has 0 spiro atoms. The number of pyridine rings is 1. The van der Waals surface area contributed by atoms with Gasteiger partial charge in [0, 0.05) is 22.8 Å². The molecule has 3 aromatic rings. The molecule has 2 aromatic heterocycles. The van der Waals surface area contributed by atoms with E-state index in [1.165, 1.54) is 11.6 Å². The van der Waals surface area contributed by atoms with Crippen LogP contribution in [0.3, 0.4) is 0 Å². The van der Waals surface area contributed by atoms with Gasteiger partial charge in [0.05, 0.1) is 5.69 Å². The van der Waals surface area contributed by atoms with Gasteiger partial charge in [-0.2, -0.15) is 5.10 Å². The van der Waals surface area contributed by atoms with Gasteiger partial charge in [-0.15, -0.1) is 0 Å². The van der Waals surface area contributed by atoms with Crippen molar-refractivity contribution in [1.82, 2.24) is 14.8 Å². The Balaban J connectivity index is 2.05. The zero-order chi connectivity index (χ0) is 19.7. The Kier molecular flexibility index (Phi) is 5.43. The molecule has 138 valence electrons. The lowest BCUT2D eigenvalue weighted by Gasteiger charge is -2.14. The third-order valence-electron chi connectivity index (χ3n) is 4.01. The summed E-state index contributed by atoms with van der Waals surface area (Å²) in [6.07, 6.45) is 1.64. The Morgan fingerprint density at radius 2 is 1.93 bits per heavy atom. The fraction of sp³-hybridized carbons (Fsp3) is 0.158. The predicted octanol–water partition coefficient (Wildman–Crippen LogP) is 4.75. The molecule has 0 saturated heterocycles. The Hall–Kier alpha value is -2.51. The summed E-state index contributed by atoms with van der Waals surface area (Å²) in [5.74, 6) is -0.0506. The van der Waals surface area contributed by atoms with E-state index in [1.807, 2.05) is 19.1 Å². The molecule has 1 N–H and O–H groups in total. The van der Waals surface area contributed by atoms with E-state index in [1.54, 1.807) is 31.3 Å². The van der Waals surface area contributed by atoms with Crippen molar-refractivity contribution >= 4 is 44.9 Å². The second kappa shape index (κ2) is 7.62. The van der Waals surface area contributed by atoms with Crippen LogP contribution in [0.5, 0.6) is 0 Å². The van der Waals surface area contributed by atoms with Crippen LogP contribution in [-0.4, -0.2) is 26.5 Å². The summed E-state index contributed by atoms with van der Waals surface area (Å²) in [6.45, 7) is 5.10. The number of hydrogen-bond acceptors (Lipinski definition) is 4. The number of amides is 1. The van der Waals surface area contributed by atoms with E-state index < -0.39 is 5.91 Å². The third kappa shape index (κ3) is 3.94. The molecule has 0 unspecified atom stereocenters.